The number of ether oxygens (including phenoxy) is 3. The molecule has 1 saturated heterocycles. The van der Waals surface area contributed by atoms with Gasteiger partial charge in [-0.3, -0.25) is 13.9 Å². The van der Waals surface area contributed by atoms with E-state index in [-0.39, 0.29) is 6.42 Å². The van der Waals surface area contributed by atoms with Crippen molar-refractivity contribution in [3.63, 3.8) is 0 Å². The van der Waals surface area contributed by atoms with E-state index in [1.54, 1.807) is 0 Å². The molecule has 2 heterocycles. The lowest BCUT2D eigenvalue weighted by molar-refractivity contribution is -0.112. The molecule has 0 amide bonds. The van der Waals surface area contributed by atoms with E-state index in [1.165, 1.54) is 38.1 Å². The average Bonchev–Trinajstić information content (AvgIpc) is 2.82. The second-order valence-electron chi connectivity index (χ2n) is 4.77. The molecule has 0 bridgehead atoms. The number of carbonyl (C=O) groups is 1. The minimum Gasteiger partial charge on any atom is -0.376 e. The summed E-state index contributed by atoms with van der Waals surface area (Å²) in [6.07, 6.45) is -0.0811. The van der Waals surface area contributed by atoms with E-state index >= 15 is 0 Å². The van der Waals surface area contributed by atoms with Crippen LogP contribution in [0.25, 0.3) is 0 Å². The molecule has 0 N–H and O–H groups in total. The molecule has 116 valence electrons. The van der Waals surface area contributed by atoms with Gasteiger partial charge in [-0.25, -0.2) is 4.79 Å². The molecule has 0 aliphatic carbocycles. The van der Waals surface area contributed by atoms with Gasteiger partial charge in [-0.05, 0) is 0 Å². The van der Waals surface area contributed by atoms with Crippen molar-refractivity contribution in [3.8, 4) is 0 Å². The summed E-state index contributed by atoms with van der Waals surface area (Å²) in [5.41, 5.74) is -0.924. The normalized spacial score (nSPS) is 28.7. The zero-order valence-corrected chi connectivity index (χ0v) is 12.1. The van der Waals surface area contributed by atoms with Crippen molar-refractivity contribution in [1.82, 2.24) is 9.13 Å². The molecule has 1 aromatic heterocycles. The van der Waals surface area contributed by atoms with Crippen molar-refractivity contribution in [2.45, 2.75) is 31.0 Å². The van der Waals surface area contributed by atoms with Crippen LogP contribution in [0.5, 0.6) is 0 Å². The standard InChI is InChI=1S/C13H18N2O6/c1-14-9(17)4-6-15(13(14)18)12-11(20-3)10(19-2)8(21-12)5-7-16/h4,6-8,10-12H,5H2,1-3H3/t8-,10?,11-,12?/m1/s1. The number of hydrogen-bond acceptors (Lipinski definition) is 6. The van der Waals surface area contributed by atoms with Gasteiger partial charge in [0, 0.05) is 40.0 Å². The molecule has 2 unspecified atom stereocenters. The maximum absolute atomic E-state index is 12.2. The van der Waals surface area contributed by atoms with Crippen LogP contribution in [0.2, 0.25) is 0 Å². The van der Waals surface area contributed by atoms with Crippen molar-refractivity contribution in [2.24, 2.45) is 7.05 Å². The van der Waals surface area contributed by atoms with Gasteiger partial charge in [0.2, 0.25) is 0 Å². The molecule has 0 spiro atoms. The van der Waals surface area contributed by atoms with Crippen molar-refractivity contribution in [1.29, 1.82) is 0 Å². The van der Waals surface area contributed by atoms with Crippen LogP contribution in [-0.2, 0) is 26.1 Å². The van der Waals surface area contributed by atoms with Gasteiger partial charge in [0.25, 0.3) is 5.56 Å². The molecule has 0 saturated carbocycles. The fourth-order valence-electron chi connectivity index (χ4n) is 2.53. The maximum atomic E-state index is 12.2. The van der Waals surface area contributed by atoms with Gasteiger partial charge < -0.3 is 19.0 Å². The molecule has 4 atom stereocenters. The highest BCUT2D eigenvalue weighted by molar-refractivity contribution is 5.50. The molecule has 0 aromatic carbocycles. The number of carbonyl (C=O) groups excluding carboxylic acids is 1. The monoisotopic (exact) mass is 298 g/mol. The second kappa shape index (κ2) is 6.33. The lowest BCUT2D eigenvalue weighted by atomic mass is 10.1. The molecular formula is C13H18N2O6. The first-order valence-corrected chi connectivity index (χ1v) is 6.48. The van der Waals surface area contributed by atoms with Gasteiger partial charge in [0.15, 0.2) is 6.23 Å². The van der Waals surface area contributed by atoms with E-state index in [1.807, 2.05) is 0 Å². The first-order valence-electron chi connectivity index (χ1n) is 6.48. The highest BCUT2D eigenvalue weighted by Gasteiger charge is 2.46. The van der Waals surface area contributed by atoms with E-state index in [0.29, 0.717) is 0 Å². The minimum atomic E-state index is -0.760. The second-order valence-corrected chi connectivity index (χ2v) is 4.77. The van der Waals surface area contributed by atoms with Crippen LogP contribution in [0.4, 0.5) is 0 Å². The molecule has 1 aliphatic heterocycles. The first-order chi connectivity index (χ1) is 10.0. The minimum absolute atomic E-state index is 0.134. The van der Waals surface area contributed by atoms with Gasteiger partial charge in [0.05, 0.1) is 6.10 Å². The van der Waals surface area contributed by atoms with E-state index in [9.17, 15) is 14.4 Å². The zero-order valence-electron chi connectivity index (χ0n) is 12.1. The van der Waals surface area contributed by atoms with Gasteiger partial charge in [-0.2, -0.15) is 0 Å². The Kier molecular flexibility index (Phi) is 4.71. The van der Waals surface area contributed by atoms with Crippen LogP contribution < -0.4 is 11.2 Å². The largest absolute Gasteiger partial charge is 0.376 e. The smallest absolute Gasteiger partial charge is 0.332 e. The highest BCUT2D eigenvalue weighted by atomic mass is 16.6. The molecular weight excluding hydrogens is 280 g/mol. The molecule has 1 fully saturated rings. The summed E-state index contributed by atoms with van der Waals surface area (Å²) < 4.78 is 18.7. The van der Waals surface area contributed by atoms with Crippen LogP contribution in [0, 0.1) is 0 Å². The third-order valence-corrected chi connectivity index (χ3v) is 3.65. The number of rotatable bonds is 5. The Morgan fingerprint density at radius 3 is 2.52 bits per heavy atom. The van der Waals surface area contributed by atoms with E-state index in [4.69, 9.17) is 14.2 Å². The summed E-state index contributed by atoms with van der Waals surface area (Å²) in [6.45, 7) is 0. The van der Waals surface area contributed by atoms with Gasteiger partial charge >= 0.3 is 5.69 Å². The van der Waals surface area contributed by atoms with Crippen molar-refractivity contribution >= 4 is 6.29 Å². The first kappa shape index (κ1) is 15.6. The number of aldehydes is 1. The fraction of sp³-hybridized carbons (Fsp3) is 0.615. The zero-order chi connectivity index (χ0) is 15.6. The Hall–Kier alpha value is -1.77. The quantitative estimate of drug-likeness (QED) is 0.652. The van der Waals surface area contributed by atoms with E-state index in [2.05, 4.69) is 0 Å². The molecule has 21 heavy (non-hydrogen) atoms. The van der Waals surface area contributed by atoms with Gasteiger partial charge in [-0.15, -0.1) is 0 Å². The average molecular weight is 298 g/mol. The predicted octanol–water partition coefficient (Wildman–Crippen LogP) is -0.937. The summed E-state index contributed by atoms with van der Waals surface area (Å²) >= 11 is 0. The van der Waals surface area contributed by atoms with E-state index < -0.39 is 35.8 Å². The number of methoxy groups -OCH3 is 2. The molecule has 0 radical (unpaired) electrons. The predicted molar refractivity (Wildman–Crippen MR) is 72.1 cm³/mol. The summed E-state index contributed by atoms with van der Waals surface area (Å²) in [7, 11) is 4.35. The lowest BCUT2D eigenvalue weighted by Crippen LogP contribution is -2.42. The lowest BCUT2D eigenvalue weighted by Gasteiger charge is -2.22. The topological polar surface area (TPSA) is 88.8 Å². The van der Waals surface area contributed by atoms with Crippen LogP contribution >= 0.6 is 0 Å². The summed E-state index contributed by atoms with van der Waals surface area (Å²) in [4.78, 5) is 34.4. The Morgan fingerprint density at radius 2 is 1.95 bits per heavy atom. The molecule has 2 rings (SSSR count). The van der Waals surface area contributed by atoms with Crippen molar-refractivity contribution in [3.05, 3.63) is 33.1 Å². The maximum Gasteiger partial charge on any atom is 0.332 e. The third kappa shape index (κ3) is 2.69. The van der Waals surface area contributed by atoms with Crippen molar-refractivity contribution < 1.29 is 19.0 Å². The SMILES string of the molecule is COC1[C@@H](OC)C(n2ccc(=O)n(C)c2=O)O[C@@H]1CC=O. The Morgan fingerprint density at radius 1 is 1.29 bits per heavy atom. The Balaban J connectivity index is 2.43. The molecule has 8 heteroatoms. The van der Waals surface area contributed by atoms with Crippen LogP contribution in [0.3, 0.4) is 0 Å². The van der Waals surface area contributed by atoms with Gasteiger partial charge in [-0.1, -0.05) is 0 Å². The van der Waals surface area contributed by atoms with Crippen LogP contribution in [-0.4, -0.2) is 48.0 Å². The number of nitrogens with zero attached hydrogens (tertiary/aromatic N) is 2. The highest BCUT2D eigenvalue weighted by Crippen LogP contribution is 2.33. The molecule has 8 nitrogen and oxygen atoms in total. The summed E-state index contributed by atoms with van der Waals surface area (Å²) in [6, 6.07) is 1.27. The summed E-state index contributed by atoms with van der Waals surface area (Å²) in [5, 5.41) is 0. The van der Waals surface area contributed by atoms with Crippen molar-refractivity contribution in [2.75, 3.05) is 14.2 Å². The Bertz CT molecular complexity index is 622. The number of aromatic nitrogens is 2. The Labute approximate surface area is 120 Å². The van der Waals surface area contributed by atoms with E-state index in [0.717, 1.165) is 10.9 Å². The van der Waals surface area contributed by atoms with Crippen LogP contribution in [0.15, 0.2) is 21.9 Å². The van der Waals surface area contributed by atoms with Gasteiger partial charge in [0.1, 0.15) is 18.5 Å². The fourth-order valence-corrected chi connectivity index (χ4v) is 2.53. The summed E-state index contributed by atoms with van der Waals surface area (Å²) in [5.74, 6) is 0. The molecule has 1 aromatic rings. The third-order valence-electron chi connectivity index (χ3n) is 3.65. The molecule has 1 aliphatic rings. The van der Waals surface area contributed by atoms with Crippen LogP contribution in [0.1, 0.15) is 12.6 Å². The number of hydrogen-bond donors (Lipinski definition) is 0.